The van der Waals surface area contributed by atoms with Crippen LogP contribution in [0, 0.1) is 0 Å². The lowest BCUT2D eigenvalue weighted by atomic mass is 10.2. The third-order valence-electron chi connectivity index (χ3n) is 2.70. The molecule has 1 saturated heterocycles. The molecule has 92 valence electrons. The van der Waals surface area contributed by atoms with Gasteiger partial charge in [0.25, 0.3) is 0 Å². The monoisotopic (exact) mass is 235 g/mol. The summed E-state index contributed by atoms with van der Waals surface area (Å²) in [6, 6.07) is 9.68. The van der Waals surface area contributed by atoms with Crippen molar-refractivity contribution in [2.75, 3.05) is 19.7 Å². The van der Waals surface area contributed by atoms with Gasteiger partial charge in [0.05, 0.1) is 19.3 Å². The molecule has 1 amide bonds. The molecule has 1 aliphatic rings. The predicted molar refractivity (Wildman–Crippen MR) is 63.6 cm³/mol. The minimum absolute atomic E-state index is 0.0908. The average Bonchev–Trinajstić information content (AvgIpc) is 2.37. The molecule has 1 aromatic carbocycles. The van der Waals surface area contributed by atoms with Gasteiger partial charge >= 0.3 is 6.09 Å². The van der Waals surface area contributed by atoms with Crippen molar-refractivity contribution in [3.8, 4) is 0 Å². The normalized spacial score (nSPS) is 20.1. The molecule has 0 radical (unpaired) electrons. The Balaban J connectivity index is 1.81. The Labute approximate surface area is 101 Å². The van der Waals surface area contributed by atoms with Gasteiger partial charge < -0.3 is 14.4 Å². The second-order valence-corrected chi connectivity index (χ2v) is 4.17. The van der Waals surface area contributed by atoms with Crippen LogP contribution in [0.1, 0.15) is 12.5 Å². The zero-order chi connectivity index (χ0) is 12.1. The van der Waals surface area contributed by atoms with Gasteiger partial charge in [0, 0.05) is 6.54 Å². The van der Waals surface area contributed by atoms with E-state index in [1.165, 1.54) is 0 Å². The van der Waals surface area contributed by atoms with Crippen molar-refractivity contribution in [2.24, 2.45) is 0 Å². The molecule has 1 fully saturated rings. The maximum atomic E-state index is 11.8. The van der Waals surface area contributed by atoms with Crippen LogP contribution in [0.4, 0.5) is 4.79 Å². The van der Waals surface area contributed by atoms with E-state index >= 15 is 0 Å². The molecule has 4 nitrogen and oxygen atoms in total. The largest absolute Gasteiger partial charge is 0.445 e. The number of ether oxygens (including phenoxy) is 2. The fraction of sp³-hybridized carbons (Fsp3) is 0.462. The Kier molecular flexibility index (Phi) is 3.98. The van der Waals surface area contributed by atoms with Crippen LogP contribution in [0.15, 0.2) is 30.3 Å². The van der Waals surface area contributed by atoms with Crippen LogP contribution in [0.25, 0.3) is 0 Å². The van der Waals surface area contributed by atoms with Crippen molar-refractivity contribution >= 4 is 6.09 Å². The predicted octanol–water partition coefficient (Wildman–Crippen LogP) is 2.04. The van der Waals surface area contributed by atoms with E-state index in [1.807, 2.05) is 37.3 Å². The van der Waals surface area contributed by atoms with Gasteiger partial charge in [-0.3, -0.25) is 0 Å². The van der Waals surface area contributed by atoms with Crippen LogP contribution in [0.2, 0.25) is 0 Å². The van der Waals surface area contributed by atoms with Gasteiger partial charge in [-0.15, -0.1) is 0 Å². The van der Waals surface area contributed by atoms with Crippen LogP contribution < -0.4 is 0 Å². The van der Waals surface area contributed by atoms with E-state index < -0.39 is 0 Å². The number of amides is 1. The lowest BCUT2D eigenvalue weighted by molar-refractivity contribution is -0.0193. The highest BCUT2D eigenvalue weighted by Gasteiger charge is 2.22. The number of hydrogen-bond acceptors (Lipinski definition) is 3. The molecule has 0 saturated carbocycles. The number of rotatable bonds is 2. The van der Waals surface area contributed by atoms with E-state index in [0.29, 0.717) is 26.3 Å². The van der Waals surface area contributed by atoms with Gasteiger partial charge in [-0.1, -0.05) is 30.3 Å². The zero-order valence-electron chi connectivity index (χ0n) is 9.96. The van der Waals surface area contributed by atoms with Crippen LogP contribution in [-0.4, -0.2) is 36.8 Å². The van der Waals surface area contributed by atoms with Gasteiger partial charge in [0.15, 0.2) is 0 Å². The Morgan fingerprint density at radius 3 is 2.94 bits per heavy atom. The molecule has 0 aliphatic carbocycles. The minimum Gasteiger partial charge on any atom is -0.445 e. The first-order chi connectivity index (χ1) is 8.25. The lowest BCUT2D eigenvalue weighted by Crippen LogP contribution is -2.44. The van der Waals surface area contributed by atoms with Crippen molar-refractivity contribution in [3.63, 3.8) is 0 Å². The van der Waals surface area contributed by atoms with E-state index in [4.69, 9.17) is 9.47 Å². The quantitative estimate of drug-likeness (QED) is 0.787. The molecule has 17 heavy (non-hydrogen) atoms. The Morgan fingerprint density at radius 2 is 2.24 bits per heavy atom. The van der Waals surface area contributed by atoms with Crippen LogP contribution in [0.5, 0.6) is 0 Å². The van der Waals surface area contributed by atoms with Crippen molar-refractivity contribution in [3.05, 3.63) is 35.9 Å². The van der Waals surface area contributed by atoms with Gasteiger partial charge in [-0.2, -0.15) is 0 Å². The summed E-state index contributed by atoms with van der Waals surface area (Å²) >= 11 is 0. The third-order valence-corrected chi connectivity index (χ3v) is 2.70. The number of hydrogen-bond donors (Lipinski definition) is 0. The summed E-state index contributed by atoms with van der Waals surface area (Å²) in [6.45, 7) is 4.08. The Hall–Kier alpha value is -1.55. The molecule has 0 N–H and O–H groups in total. The molecule has 1 heterocycles. The number of nitrogens with zero attached hydrogens (tertiary/aromatic N) is 1. The molecule has 1 aromatic rings. The van der Waals surface area contributed by atoms with Gasteiger partial charge in [-0.05, 0) is 12.5 Å². The first-order valence-corrected chi connectivity index (χ1v) is 5.83. The molecule has 4 heteroatoms. The third kappa shape index (κ3) is 3.46. The van der Waals surface area contributed by atoms with Gasteiger partial charge in [0.1, 0.15) is 6.61 Å². The summed E-state index contributed by atoms with van der Waals surface area (Å²) < 4.78 is 10.6. The van der Waals surface area contributed by atoms with Crippen molar-refractivity contribution in [1.82, 2.24) is 4.90 Å². The second kappa shape index (κ2) is 5.68. The molecule has 0 spiro atoms. The average molecular weight is 235 g/mol. The van der Waals surface area contributed by atoms with Crippen LogP contribution in [-0.2, 0) is 16.1 Å². The summed E-state index contributed by atoms with van der Waals surface area (Å²) in [5.41, 5.74) is 1.00. The molecule has 1 aliphatic heterocycles. The highest BCUT2D eigenvalue weighted by molar-refractivity contribution is 5.67. The minimum atomic E-state index is -0.260. The first-order valence-electron chi connectivity index (χ1n) is 5.83. The summed E-state index contributed by atoms with van der Waals surface area (Å²) in [4.78, 5) is 13.5. The molecule has 2 rings (SSSR count). The topological polar surface area (TPSA) is 38.8 Å². The number of carbonyl (C=O) groups excluding carboxylic acids is 1. The first kappa shape index (κ1) is 11.9. The van der Waals surface area contributed by atoms with E-state index in [0.717, 1.165) is 5.56 Å². The fourth-order valence-corrected chi connectivity index (χ4v) is 1.79. The SMILES string of the molecule is C[C@@H]1CN(C(=O)OCc2ccccc2)CCO1. The maximum Gasteiger partial charge on any atom is 0.410 e. The van der Waals surface area contributed by atoms with Gasteiger partial charge in [-0.25, -0.2) is 4.79 Å². The summed E-state index contributed by atoms with van der Waals surface area (Å²) in [6.07, 6.45) is -0.169. The van der Waals surface area contributed by atoms with Crippen molar-refractivity contribution < 1.29 is 14.3 Å². The van der Waals surface area contributed by atoms with E-state index in [2.05, 4.69) is 0 Å². The second-order valence-electron chi connectivity index (χ2n) is 4.17. The molecule has 0 unspecified atom stereocenters. The maximum absolute atomic E-state index is 11.8. The Morgan fingerprint density at radius 1 is 1.47 bits per heavy atom. The summed E-state index contributed by atoms with van der Waals surface area (Å²) in [7, 11) is 0. The molecule has 0 bridgehead atoms. The van der Waals surface area contributed by atoms with Gasteiger partial charge in [0.2, 0.25) is 0 Å². The van der Waals surface area contributed by atoms with Crippen molar-refractivity contribution in [1.29, 1.82) is 0 Å². The summed E-state index contributed by atoms with van der Waals surface area (Å²) in [5, 5.41) is 0. The zero-order valence-corrected chi connectivity index (χ0v) is 9.96. The molecule has 0 aromatic heterocycles. The smallest absolute Gasteiger partial charge is 0.410 e. The Bertz CT molecular complexity index is 366. The standard InChI is InChI=1S/C13H17NO3/c1-11-9-14(7-8-16-11)13(15)17-10-12-5-3-2-4-6-12/h2-6,11H,7-10H2,1H3/t11-/m1/s1. The number of benzene rings is 1. The molecular weight excluding hydrogens is 218 g/mol. The number of carbonyl (C=O) groups is 1. The fourth-order valence-electron chi connectivity index (χ4n) is 1.79. The van der Waals surface area contributed by atoms with Crippen LogP contribution >= 0.6 is 0 Å². The van der Waals surface area contributed by atoms with Crippen LogP contribution in [0.3, 0.4) is 0 Å². The van der Waals surface area contributed by atoms with E-state index in [-0.39, 0.29) is 12.2 Å². The van der Waals surface area contributed by atoms with E-state index in [9.17, 15) is 4.79 Å². The summed E-state index contributed by atoms with van der Waals surface area (Å²) in [5.74, 6) is 0. The molecular formula is C13H17NO3. The lowest BCUT2D eigenvalue weighted by Gasteiger charge is -2.30. The highest BCUT2D eigenvalue weighted by atomic mass is 16.6. The number of morpholine rings is 1. The highest BCUT2D eigenvalue weighted by Crippen LogP contribution is 2.08. The van der Waals surface area contributed by atoms with Crippen molar-refractivity contribution in [2.45, 2.75) is 19.6 Å². The molecule has 1 atom stereocenters. The van der Waals surface area contributed by atoms with E-state index in [1.54, 1.807) is 4.90 Å².